The predicted octanol–water partition coefficient (Wildman–Crippen LogP) is -0.389. The average Bonchev–Trinajstić information content (AvgIpc) is 2.03. The molecule has 0 aromatic rings. The van der Waals surface area contributed by atoms with Gasteiger partial charge in [-0.1, -0.05) is 0 Å². The summed E-state index contributed by atoms with van der Waals surface area (Å²) >= 11 is 0. The molecule has 0 aliphatic heterocycles. The minimum absolute atomic E-state index is 0.0926. The summed E-state index contributed by atoms with van der Waals surface area (Å²) in [6, 6.07) is 0. The third-order valence-corrected chi connectivity index (χ3v) is 1.26. The van der Waals surface area contributed by atoms with Crippen LogP contribution in [0.25, 0.3) is 0 Å². The van der Waals surface area contributed by atoms with Gasteiger partial charge in [-0.25, -0.2) is 0 Å². The first-order valence-electron chi connectivity index (χ1n) is 4.80. The Morgan fingerprint density at radius 3 is 0.812 bits per heavy atom. The molecule has 0 saturated heterocycles. The van der Waals surface area contributed by atoms with Crippen LogP contribution in [0.2, 0.25) is 0 Å². The zero-order chi connectivity index (χ0) is 13.9. The Labute approximate surface area is 98.9 Å². The van der Waals surface area contributed by atoms with Crippen LogP contribution in [-0.2, 0) is 9.59 Å². The van der Waals surface area contributed by atoms with Crippen LogP contribution in [0.4, 0.5) is 0 Å². The minimum atomic E-state index is 0.0926. The van der Waals surface area contributed by atoms with E-state index < -0.39 is 0 Å². The van der Waals surface area contributed by atoms with Crippen molar-refractivity contribution in [1.82, 2.24) is 14.8 Å². The van der Waals surface area contributed by atoms with Crippen LogP contribution < -0.4 is 5.84 Å². The highest BCUT2D eigenvalue weighted by molar-refractivity contribution is 5.72. The molecule has 0 aromatic carbocycles. The first kappa shape index (κ1) is 20.3. The summed E-state index contributed by atoms with van der Waals surface area (Å²) < 4.78 is 0. The van der Waals surface area contributed by atoms with E-state index in [9.17, 15) is 9.59 Å². The molecule has 0 aliphatic carbocycles. The zero-order valence-electron chi connectivity index (χ0n) is 11.7. The second-order valence-corrected chi connectivity index (χ2v) is 3.79. The van der Waals surface area contributed by atoms with Crippen molar-refractivity contribution in [1.29, 1.82) is 0 Å². The molecule has 6 nitrogen and oxygen atoms in total. The molecule has 0 radical (unpaired) electrons. The van der Waals surface area contributed by atoms with E-state index in [1.165, 1.54) is 28.7 Å². The van der Waals surface area contributed by atoms with E-state index in [4.69, 9.17) is 5.84 Å². The molecule has 0 unspecified atom stereocenters. The molecule has 0 saturated carbocycles. The lowest BCUT2D eigenvalue weighted by Crippen LogP contribution is -2.18. The molecule has 2 N–H and O–H groups in total. The van der Waals surface area contributed by atoms with Crippen LogP contribution in [0.15, 0.2) is 0 Å². The number of rotatable bonds is 0. The van der Waals surface area contributed by atoms with Gasteiger partial charge in [-0.15, -0.1) is 0 Å². The van der Waals surface area contributed by atoms with E-state index in [-0.39, 0.29) is 11.8 Å². The lowest BCUT2D eigenvalue weighted by atomic mass is 10.7. The van der Waals surface area contributed by atoms with Gasteiger partial charge < -0.3 is 9.80 Å². The summed E-state index contributed by atoms with van der Waals surface area (Å²) in [6.07, 6.45) is 0. The topological polar surface area (TPSA) is 69.9 Å². The van der Waals surface area contributed by atoms with Gasteiger partial charge in [-0.3, -0.25) is 20.4 Å². The molecule has 0 atom stereocenters. The Morgan fingerprint density at radius 1 is 0.750 bits per heavy atom. The van der Waals surface area contributed by atoms with Crippen molar-refractivity contribution < 1.29 is 9.59 Å². The Balaban J connectivity index is -0.000000162. The highest BCUT2D eigenvalue weighted by atomic mass is 16.2. The van der Waals surface area contributed by atoms with Crippen LogP contribution in [0.5, 0.6) is 0 Å². The van der Waals surface area contributed by atoms with Gasteiger partial charge in [0.05, 0.1) is 0 Å². The molecule has 0 aromatic heterocycles. The molecule has 98 valence electrons. The number of nitrogens with two attached hydrogens (primary N) is 1. The quantitative estimate of drug-likeness (QED) is 0.458. The van der Waals surface area contributed by atoms with Crippen molar-refractivity contribution in [3.63, 3.8) is 0 Å². The first-order chi connectivity index (χ1) is 7.02. The second-order valence-electron chi connectivity index (χ2n) is 3.79. The van der Waals surface area contributed by atoms with Crippen LogP contribution in [0.3, 0.4) is 0 Å². The summed E-state index contributed by atoms with van der Waals surface area (Å²) in [5, 5.41) is 1.50. The summed E-state index contributed by atoms with van der Waals surface area (Å²) in [6.45, 7) is 3.06. The van der Waals surface area contributed by atoms with Crippen LogP contribution in [0, 0.1) is 0 Å². The molecule has 16 heavy (non-hydrogen) atoms. The third-order valence-electron chi connectivity index (χ3n) is 1.26. The third kappa shape index (κ3) is 38.4. The Morgan fingerprint density at radius 2 is 0.812 bits per heavy atom. The number of hydrogen-bond acceptors (Lipinski definition) is 4. The van der Waals surface area contributed by atoms with Gasteiger partial charge in [0.2, 0.25) is 11.8 Å². The number of carbonyl (C=O) groups is 2. The van der Waals surface area contributed by atoms with Crippen molar-refractivity contribution >= 4 is 11.8 Å². The number of hydrogen-bond donors (Lipinski definition) is 1. The smallest absolute Gasteiger partial charge is 0.218 e. The SMILES string of the molecule is CC(=O)N(C)C.CC(=O)N(C)C.CN(C)N. The van der Waals surface area contributed by atoms with Crippen LogP contribution >= 0.6 is 0 Å². The molecule has 0 fully saturated rings. The predicted molar refractivity (Wildman–Crippen MR) is 66.6 cm³/mol. The van der Waals surface area contributed by atoms with Crippen molar-refractivity contribution in [2.24, 2.45) is 5.84 Å². The molecule has 0 aliphatic rings. The average molecular weight is 234 g/mol. The van der Waals surface area contributed by atoms with Crippen molar-refractivity contribution in [3.05, 3.63) is 0 Å². The summed E-state index contributed by atoms with van der Waals surface area (Å²) in [5.41, 5.74) is 0. The number of amides is 2. The number of carbonyl (C=O) groups excluding carboxylic acids is 2. The molecular weight excluding hydrogens is 208 g/mol. The monoisotopic (exact) mass is 234 g/mol. The maximum atomic E-state index is 10.1. The Kier molecular flexibility index (Phi) is 15.1. The van der Waals surface area contributed by atoms with Gasteiger partial charge in [0, 0.05) is 56.1 Å². The molecule has 6 heteroatoms. The fourth-order valence-electron chi connectivity index (χ4n) is 0. The van der Waals surface area contributed by atoms with Gasteiger partial charge in [-0.2, -0.15) is 0 Å². The first-order valence-corrected chi connectivity index (χ1v) is 4.80. The Hall–Kier alpha value is -1.14. The fourth-order valence-corrected chi connectivity index (χ4v) is 0. The molecular formula is C10H26N4O2. The summed E-state index contributed by atoms with van der Waals surface area (Å²) in [5.74, 6) is 5.13. The van der Waals surface area contributed by atoms with Crippen LogP contribution in [0.1, 0.15) is 13.8 Å². The van der Waals surface area contributed by atoms with E-state index in [0.717, 1.165) is 0 Å². The van der Waals surface area contributed by atoms with E-state index in [1.54, 1.807) is 42.3 Å². The molecule has 0 heterocycles. The van der Waals surface area contributed by atoms with Crippen molar-refractivity contribution in [2.75, 3.05) is 42.3 Å². The fraction of sp³-hybridized carbons (Fsp3) is 0.800. The highest BCUT2D eigenvalue weighted by Crippen LogP contribution is 1.70. The van der Waals surface area contributed by atoms with E-state index in [0.29, 0.717) is 0 Å². The molecule has 0 bridgehead atoms. The lowest BCUT2D eigenvalue weighted by molar-refractivity contribution is -0.127. The standard InChI is InChI=1S/2C4H9NO.C2H8N2/c2*1-4(6)5(2)3;1-4(2)3/h2*1-3H3;3H2,1-2H3. The van der Waals surface area contributed by atoms with E-state index >= 15 is 0 Å². The van der Waals surface area contributed by atoms with E-state index in [1.807, 2.05) is 0 Å². The van der Waals surface area contributed by atoms with Gasteiger partial charge in [0.15, 0.2) is 0 Å². The minimum Gasteiger partial charge on any atom is -0.349 e. The molecule has 0 spiro atoms. The lowest BCUT2D eigenvalue weighted by Gasteiger charge is -2.02. The maximum Gasteiger partial charge on any atom is 0.218 e. The zero-order valence-corrected chi connectivity index (χ0v) is 11.7. The summed E-state index contributed by atoms with van der Waals surface area (Å²) in [4.78, 5) is 23.2. The molecule has 2 amide bonds. The Bertz CT molecular complexity index is 171. The summed E-state index contributed by atoms with van der Waals surface area (Å²) in [7, 11) is 10.5. The maximum absolute atomic E-state index is 10.1. The van der Waals surface area contributed by atoms with Gasteiger partial charge >= 0.3 is 0 Å². The van der Waals surface area contributed by atoms with Crippen molar-refractivity contribution in [3.8, 4) is 0 Å². The van der Waals surface area contributed by atoms with Crippen LogP contribution in [-0.4, -0.2) is 68.9 Å². The second kappa shape index (κ2) is 11.9. The highest BCUT2D eigenvalue weighted by Gasteiger charge is 1.88. The van der Waals surface area contributed by atoms with E-state index in [2.05, 4.69) is 0 Å². The van der Waals surface area contributed by atoms with Crippen molar-refractivity contribution in [2.45, 2.75) is 13.8 Å². The van der Waals surface area contributed by atoms with Gasteiger partial charge in [0.1, 0.15) is 0 Å². The largest absolute Gasteiger partial charge is 0.349 e. The molecule has 0 rings (SSSR count). The normalized spacial score (nSPS) is 8.12. The number of hydrazine groups is 1. The van der Waals surface area contributed by atoms with Gasteiger partial charge in [0.25, 0.3) is 0 Å². The van der Waals surface area contributed by atoms with Gasteiger partial charge in [-0.05, 0) is 0 Å². The number of nitrogens with zero attached hydrogens (tertiary/aromatic N) is 3.